The van der Waals surface area contributed by atoms with E-state index in [1.54, 1.807) is 0 Å². The number of hydrogen-bond donors (Lipinski definition) is 0. The molecule has 0 N–H and O–H groups in total. The van der Waals surface area contributed by atoms with E-state index < -0.39 is 17.5 Å². The molecule has 1 aromatic rings. The number of ketones is 1. The second kappa shape index (κ2) is 4.45. The third kappa shape index (κ3) is 2.55. The Hall–Kier alpha value is -1.04. The zero-order valence-electron chi connectivity index (χ0n) is 8.48. The van der Waals surface area contributed by atoms with Crippen LogP contribution < -0.4 is 4.74 Å². The number of carbonyl (C=O) groups is 1. The van der Waals surface area contributed by atoms with Crippen molar-refractivity contribution >= 4 is 21.7 Å². The van der Waals surface area contributed by atoms with Gasteiger partial charge in [0.25, 0.3) is 0 Å². The predicted octanol–water partition coefficient (Wildman–Crippen LogP) is 3.68. The van der Waals surface area contributed by atoms with Gasteiger partial charge >= 0.3 is 6.18 Å². The van der Waals surface area contributed by atoms with Crippen molar-refractivity contribution in [1.29, 1.82) is 0 Å². The summed E-state index contributed by atoms with van der Waals surface area (Å²) in [5.41, 5.74) is -0.975. The summed E-state index contributed by atoms with van der Waals surface area (Å²) in [6.07, 6.45) is -4.50. The Kier molecular flexibility index (Phi) is 3.62. The number of ether oxygens (including phenoxy) is 1. The molecule has 0 heterocycles. The summed E-state index contributed by atoms with van der Waals surface area (Å²) in [4.78, 5) is 11.2. The minimum Gasteiger partial charge on any atom is -0.496 e. The highest BCUT2D eigenvalue weighted by molar-refractivity contribution is 9.10. The minimum atomic E-state index is -4.50. The number of rotatable bonds is 2. The van der Waals surface area contributed by atoms with Crippen LogP contribution in [0.3, 0.4) is 0 Å². The third-order valence-electron chi connectivity index (χ3n) is 1.97. The first-order valence-corrected chi connectivity index (χ1v) is 5.02. The molecule has 0 bridgehead atoms. The SMILES string of the molecule is COc1cc(Br)c(C(F)(F)F)cc1C(C)=O. The zero-order valence-corrected chi connectivity index (χ0v) is 10.1. The van der Waals surface area contributed by atoms with E-state index in [2.05, 4.69) is 15.9 Å². The molecule has 0 radical (unpaired) electrons. The van der Waals surface area contributed by atoms with Gasteiger partial charge in [-0.25, -0.2) is 0 Å². The first-order chi connectivity index (χ1) is 7.27. The Labute approximate surface area is 98.5 Å². The largest absolute Gasteiger partial charge is 0.496 e. The van der Waals surface area contributed by atoms with Crippen LogP contribution in [0.15, 0.2) is 16.6 Å². The van der Waals surface area contributed by atoms with Gasteiger partial charge < -0.3 is 4.74 Å². The highest BCUT2D eigenvalue weighted by atomic mass is 79.9. The molecule has 0 saturated heterocycles. The predicted molar refractivity (Wildman–Crippen MR) is 55.7 cm³/mol. The lowest BCUT2D eigenvalue weighted by atomic mass is 10.1. The van der Waals surface area contributed by atoms with E-state index in [4.69, 9.17) is 4.74 Å². The molecule has 16 heavy (non-hydrogen) atoms. The van der Waals surface area contributed by atoms with Crippen molar-refractivity contribution in [3.05, 3.63) is 27.7 Å². The fraction of sp³-hybridized carbons (Fsp3) is 0.300. The van der Waals surface area contributed by atoms with Crippen molar-refractivity contribution < 1.29 is 22.7 Å². The Morgan fingerprint density at radius 1 is 1.38 bits per heavy atom. The smallest absolute Gasteiger partial charge is 0.417 e. The van der Waals surface area contributed by atoms with Crippen molar-refractivity contribution in [3.8, 4) is 5.75 Å². The van der Waals surface area contributed by atoms with E-state index >= 15 is 0 Å². The summed E-state index contributed by atoms with van der Waals surface area (Å²) in [6.45, 7) is 1.19. The molecule has 0 saturated carbocycles. The van der Waals surface area contributed by atoms with Gasteiger partial charge in [0.2, 0.25) is 0 Å². The maximum Gasteiger partial charge on any atom is 0.417 e. The number of halogens is 4. The van der Waals surface area contributed by atoms with E-state index in [-0.39, 0.29) is 15.8 Å². The average molecular weight is 297 g/mol. The van der Waals surface area contributed by atoms with Crippen LogP contribution in [0.1, 0.15) is 22.8 Å². The van der Waals surface area contributed by atoms with Crippen LogP contribution in [-0.2, 0) is 6.18 Å². The molecular formula is C10H8BrF3O2. The Morgan fingerprint density at radius 2 is 1.94 bits per heavy atom. The third-order valence-corrected chi connectivity index (χ3v) is 2.63. The Balaban J connectivity index is 3.45. The quantitative estimate of drug-likeness (QED) is 0.778. The first kappa shape index (κ1) is 13.0. The molecule has 0 atom stereocenters. The number of Topliss-reactive ketones (excluding diaryl/α,β-unsaturated/α-hetero) is 1. The summed E-state index contributed by atoms with van der Waals surface area (Å²) in [6, 6.07) is 1.92. The van der Waals surface area contributed by atoms with Crippen molar-refractivity contribution in [1.82, 2.24) is 0 Å². The van der Waals surface area contributed by atoms with Crippen LogP contribution in [0.5, 0.6) is 5.75 Å². The lowest BCUT2D eigenvalue weighted by Crippen LogP contribution is -2.09. The molecular weight excluding hydrogens is 289 g/mol. The lowest BCUT2D eigenvalue weighted by Gasteiger charge is -2.13. The Bertz CT molecular complexity index is 427. The molecule has 0 unspecified atom stereocenters. The van der Waals surface area contributed by atoms with Crippen molar-refractivity contribution in [3.63, 3.8) is 0 Å². The molecule has 0 fully saturated rings. The van der Waals surface area contributed by atoms with Crippen LogP contribution in [0.4, 0.5) is 13.2 Å². The lowest BCUT2D eigenvalue weighted by molar-refractivity contribution is -0.138. The molecule has 0 aliphatic rings. The van der Waals surface area contributed by atoms with Gasteiger partial charge in [-0.15, -0.1) is 0 Å². The summed E-state index contributed by atoms with van der Waals surface area (Å²) in [5.74, 6) is -0.359. The molecule has 0 aliphatic heterocycles. The van der Waals surface area contributed by atoms with E-state index in [0.717, 1.165) is 12.1 Å². The topological polar surface area (TPSA) is 26.3 Å². The fourth-order valence-electron chi connectivity index (χ4n) is 1.22. The van der Waals surface area contributed by atoms with Crippen LogP contribution in [0.25, 0.3) is 0 Å². The molecule has 0 aromatic heterocycles. The highest BCUT2D eigenvalue weighted by Gasteiger charge is 2.34. The number of carbonyl (C=O) groups excluding carboxylic acids is 1. The summed E-state index contributed by atoms with van der Waals surface area (Å²) >= 11 is 2.80. The molecule has 0 spiro atoms. The zero-order chi connectivity index (χ0) is 12.5. The minimum absolute atomic E-state index is 0.0852. The van der Waals surface area contributed by atoms with Crippen LogP contribution in [0, 0.1) is 0 Å². The maximum atomic E-state index is 12.5. The molecule has 2 nitrogen and oxygen atoms in total. The standard InChI is InChI=1S/C10H8BrF3O2/c1-5(15)6-3-7(10(12,13)14)8(11)4-9(6)16-2/h3-4H,1-2H3. The maximum absolute atomic E-state index is 12.5. The van der Waals surface area contributed by atoms with Gasteiger partial charge in [-0.2, -0.15) is 13.2 Å². The molecule has 1 rings (SSSR count). The number of hydrogen-bond acceptors (Lipinski definition) is 2. The van der Waals surface area contributed by atoms with Gasteiger partial charge in [0.15, 0.2) is 5.78 Å². The first-order valence-electron chi connectivity index (χ1n) is 4.23. The normalized spacial score (nSPS) is 11.4. The highest BCUT2D eigenvalue weighted by Crippen LogP contribution is 2.38. The van der Waals surface area contributed by atoms with Gasteiger partial charge in [0, 0.05) is 4.47 Å². The molecule has 88 valence electrons. The van der Waals surface area contributed by atoms with E-state index in [0.29, 0.717) is 0 Å². The van der Waals surface area contributed by atoms with Gasteiger partial charge in [-0.1, -0.05) is 15.9 Å². The fourth-order valence-corrected chi connectivity index (χ4v) is 1.76. The average Bonchev–Trinajstić information content (AvgIpc) is 2.14. The van der Waals surface area contributed by atoms with Crippen molar-refractivity contribution in [2.45, 2.75) is 13.1 Å². The van der Waals surface area contributed by atoms with Gasteiger partial charge in [0.1, 0.15) is 5.75 Å². The van der Waals surface area contributed by atoms with Crippen LogP contribution in [0.2, 0.25) is 0 Å². The van der Waals surface area contributed by atoms with E-state index in [1.165, 1.54) is 14.0 Å². The van der Waals surface area contributed by atoms with Gasteiger partial charge in [-0.05, 0) is 19.1 Å². The molecule has 0 aliphatic carbocycles. The summed E-state index contributed by atoms with van der Waals surface area (Å²) in [7, 11) is 1.29. The number of alkyl halides is 3. The van der Waals surface area contributed by atoms with E-state index in [9.17, 15) is 18.0 Å². The van der Waals surface area contributed by atoms with Crippen molar-refractivity contribution in [2.24, 2.45) is 0 Å². The van der Waals surface area contributed by atoms with Gasteiger partial charge in [0.05, 0.1) is 18.2 Å². The van der Waals surface area contributed by atoms with Crippen LogP contribution in [-0.4, -0.2) is 12.9 Å². The monoisotopic (exact) mass is 296 g/mol. The number of benzene rings is 1. The second-order valence-corrected chi connectivity index (χ2v) is 3.94. The summed E-state index contributed by atoms with van der Waals surface area (Å²) < 4.78 is 42.3. The summed E-state index contributed by atoms with van der Waals surface area (Å²) in [5, 5.41) is 0. The van der Waals surface area contributed by atoms with Crippen LogP contribution >= 0.6 is 15.9 Å². The Morgan fingerprint density at radius 3 is 2.31 bits per heavy atom. The molecule has 1 aromatic carbocycles. The second-order valence-electron chi connectivity index (χ2n) is 3.09. The number of methoxy groups -OCH3 is 1. The van der Waals surface area contributed by atoms with Crippen molar-refractivity contribution in [2.75, 3.05) is 7.11 Å². The molecule has 6 heteroatoms. The van der Waals surface area contributed by atoms with E-state index in [1.807, 2.05) is 0 Å². The van der Waals surface area contributed by atoms with Gasteiger partial charge in [-0.3, -0.25) is 4.79 Å². The molecule has 0 amide bonds.